The Labute approximate surface area is 199 Å². The number of nitrogens with zero attached hydrogens (tertiary/aromatic N) is 5. The molecule has 0 atom stereocenters. The molecule has 0 spiro atoms. The van der Waals surface area contributed by atoms with Gasteiger partial charge in [-0.15, -0.1) is 0 Å². The van der Waals surface area contributed by atoms with Crippen molar-refractivity contribution in [2.75, 3.05) is 5.32 Å². The molecule has 1 N–H and O–H groups in total. The third-order valence-corrected chi connectivity index (χ3v) is 5.79. The molecular weight excluding hydrogens is 480 g/mol. The van der Waals surface area contributed by atoms with E-state index in [1.165, 1.54) is 0 Å². The summed E-state index contributed by atoms with van der Waals surface area (Å²) in [5, 5.41) is 12.6. The van der Waals surface area contributed by atoms with Gasteiger partial charge in [-0.1, -0.05) is 30.3 Å². The summed E-state index contributed by atoms with van der Waals surface area (Å²) >= 11 is 3.42. The Bertz CT molecular complexity index is 1490. The van der Waals surface area contributed by atoms with Crippen LogP contribution in [0.1, 0.15) is 21.6 Å². The first-order valence-electron chi connectivity index (χ1n) is 10.4. The van der Waals surface area contributed by atoms with Crippen LogP contribution in [-0.4, -0.2) is 30.5 Å². The molecule has 8 heteroatoms. The number of rotatable bonds is 5. The van der Waals surface area contributed by atoms with Gasteiger partial charge in [-0.25, -0.2) is 4.98 Å². The van der Waals surface area contributed by atoms with Crippen LogP contribution in [0.25, 0.3) is 22.2 Å². The van der Waals surface area contributed by atoms with Gasteiger partial charge in [0.1, 0.15) is 0 Å². The third-order valence-electron chi connectivity index (χ3n) is 5.38. The van der Waals surface area contributed by atoms with Crippen LogP contribution in [-0.2, 0) is 13.6 Å². The minimum absolute atomic E-state index is 0.185. The van der Waals surface area contributed by atoms with Crippen LogP contribution in [0, 0.1) is 6.92 Å². The van der Waals surface area contributed by atoms with Crippen LogP contribution in [0.5, 0.6) is 0 Å². The van der Waals surface area contributed by atoms with Gasteiger partial charge in [0, 0.05) is 36.1 Å². The number of halogens is 1. The Balaban J connectivity index is 1.48. The predicted molar refractivity (Wildman–Crippen MR) is 132 cm³/mol. The van der Waals surface area contributed by atoms with E-state index in [9.17, 15) is 4.79 Å². The van der Waals surface area contributed by atoms with Crippen molar-refractivity contribution in [3.8, 4) is 11.3 Å². The zero-order chi connectivity index (χ0) is 22.9. The number of nitrogens with one attached hydrogen (secondary N) is 1. The van der Waals surface area contributed by atoms with Crippen LogP contribution in [0.3, 0.4) is 0 Å². The van der Waals surface area contributed by atoms with Gasteiger partial charge in [-0.3, -0.25) is 14.2 Å². The van der Waals surface area contributed by atoms with E-state index in [1.54, 1.807) is 10.9 Å². The molecule has 33 heavy (non-hydrogen) atoms. The largest absolute Gasteiger partial charge is 0.322 e. The van der Waals surface area contributed by atoms with Gasteiger partial charge in [0.25, 0.3) is 5.91 Å². The summed E-state index contributed by atoms with van der Waals surface area (Å²) < 4.78 is 4.52. The summed E-state index contributed by atoms with van der Waals surface area (Å²) in [6, 6.07) is 17.3. The van der Waals surface area contributed by atoms with Crippen molar-refractivity contribution in [3.63, 3.8) is 0 Å². The summed E-state index contributed by atoms with van der Waals surface area (Å²) in [5.41, 5.74) is 5.59. The first-order chi connectivity index (χ1) is 16.0. The van der Waals surface area contributed by atoms with Crippen LogP contribution >= 0.6 is 15.9 Å². The molecule has 0 saturated carbocycles. The van der Waals surface area contributed by atoms with Gasteiger partial charge < -0.3 is 5.32 Å². The lowest BCUT2D eigenvalue weighted by molar-refractivity contribution is 0.102. The second-order valence-electron chi connectivity index (χ2n) is 7.88. The Morgan fingerprint density at radius 3 is 2.70 bits per heavy atom. The molecule has 0 saturated heterocycles. The molecular formula is C25H21BrN6O. The summed E-state index contributed by atoms with van der Waals surface area (Å²) in [5.74, 6) is -0.185. The SMILES string of the molecule is Cc1nn(C)cc1-c1cc(C(=O)Nc2cccc(Cn3cc(Br)cn3)c2)c2ccccc2n1. The van der Waals surface area contributed by atoms with E-state index in [0.717, 1.165) is 43.6 Å². The number of carbonyl (C=O) groups is 1. The first kappa shape index (κ1) is 21.1. The van der Waals surface area contributed by atoms with Crippen LogP contribution in [0.15, 0.2) is 77.7 Å². The van der Waals surface area contributed by atoms with Crippen molar-refractivity contribution in [1.82, 2.24) is 24.5 Å². The van der Waals surface area contributed by atoms with Gasteiger partial charge in [0.15, 0.2) is 0 Å². The smallest absolute Gasteiger partial charge is 0.256 e. The van der Waals surface area contributed by atoms with Crippen LogP contribution < -0.4 is 5.32 Å². The number of hydrogen-bond acceptors (Lipinski definition) is 4. The zero-order valence-corrected chi connectivity index (χ0v) is 19.7. The summed E-state index contributed by atoms with van der Waals surface area (Å²) in [4.78, 5) is 18.2. The van der Waals surface area contributed by atoms with Crippen molar-refractivity contribution in [3.05, 3.63) is 94.5 Å². The molecule has 5 aromatic rings. The summed E-state index contributed by atoms with van der Waals surface area (Å²) in [6.45, 7) is 2.55. The van der Waals surface area contributed by atoms with Gasteiger partial charge in [-0.2, -0.15) is 10.2 Å². The number of fused-ring (bicyclic) bond motifs is 1. The van der Waals surface area contributed by atoms with Crippen molar-refractivity contribution in [2.24, 2.45) is 7.05 Å². The number of amides is 1. The minimum Gasteiger partial charge on any atom is -0.322 e. The molecule has 2 aromatic carbocycles. The Morgan fingerprint density at radius 1 is 1.09 bits per heavy atom. The molecule has 0 aliphatic heterocycles. The Hall–Kier alpha value is -3.78. The molecule has 0 bridgehead atoms. The molecule has 0 radical (unpaired) electrons. The molecule has 0 aliphatic carbocycles. The second-order valence-corrected chi connectivity index (χ2v) is 8.80. The first-order valence-corrected chi connectivity index (χ1v) is 11.2. The lowest BCUT2D eigenvalue weighted by atomic mass is 10.0. The van der Waals surface area contributed by atoms with Crippen molar-refractivity contribution < 1.29 is 4.79 Å². The minimum atomic E-state index is -0.185. The highest BCUT2D eigenvalue weighted by atomic mass is 79.9. The second kappa shape index (κ2) is 8.63. The topological polar surface area (TPSA) is 77.6 Å². The molecule has 3 heterocycles. The number of anilines is 1. The molecule has 0 aliphatic rings. The van der Waals surface area contributed by atoms with E-state index in [2.05, 4.69) is 31.4 Å². The van der Waals surface area contributed by atoms with E-state index in [4.69, 9.17) is 4.98 Å². The fourth-order valence-electron chi connectivity index (χ4n) is 3.91. The van der Waals surface area contributed by atoms with Crippen molar-refractivity contribution in [2.45, 2.75) is 13.5 Å². The maximum Gasteiger partial charge on any atom is 0.256 e. The normalized spacial score (nSPS) is 11.1. The van der Waals surface area contributed by atoms with E-state index in [0.29, 0.717) is 12.1 Å². The quantitative estimate of drug-likeness (QED) is 0.359. The van der Waals surface area contributed by atoms with E-state index < -0.39 is 0 Å². The molecule has 5 rings (SSSR count). The molecule has 0 unspecified atom stereocenters. The average Bonchev–Trinajstić information content (AvgIpc) is 3.36. The number of hydrogen-bond donors (Lipinski definition) is 1. The van der Waals surface area contributed by atoms with Crippen molar-refractivity contribution >= 4 is 38.4 Å². The molecule has 1 amide bonds. The monoisotopic (exact) mass is 500 g/mol. The maximum atomic E-state index is 13.4. The number of pyridine rings is 1. The third kappa shape index (κ3) is 4.42. The lowest BCUT2D eigenvalue weighted by Crippen LogP contribution is -2.13. The number of aromatic nitrogens is 5. The Morgan fingerprint density at radius 2 is 1.94 bits per heavy atom. The Kier molecular flexibility index (Phi) is 5.51. The van der Waals surface area contributed by atoms with E-state index >= 15 is 0 Å². The predicted octanol–water partition coefficient (Wildman–Crippen LogP) is 5.20. The molecule has 3 aromatic heterocycles. The van der Waals surface area contributed by atoms with E-state index in [1.807, 2.05) is 85.6 Å². The number of para-hydroxylation sites is 1. The fourth-order valence-corrected chi connectivity index (χ4v) is 4.24. The summed E-state index contributed by atoms with van der Waals surface area (Å²) in [7, 11) is 1.88. The van der Waals surface area contributed by atoms with Gasteiger partial charge >= 0.3 is 0 Å². The lowest BCUT2D eigenvalue weighted by Gasteiger charge is -2.11. The molecule has 7 nitrogen and oxygen atoms in total. The van der Waals surface area contributed by atoms with Crippen LogP contribution in [0.2, 0.25) is 0 Å². The number of aryl methyl sites for hydroxylation is 2. The maximum absolute atomic E-state index is 13.4. The number of benzene rings is 2. The molecule has 0 fully saturated rings. The van der Waals surface area contributed by atoms with Gasteiger partial charge in [-0.05, 0) is 52.7 Å². The van der Waals surface area contributed by atoms with Crippen LogP contribution in [0.4, 0.5) is 5.69 Å². The van der Waals surface area contributed by atoms with Crippen molar-refractivity contribution in [1.29, 1.82) is 0 Å². The van der Waals surface area contributed by atoms with Gasteiger partial charge in [0.2, 0.25) is 0 Å². The highest BCUT2D eigenvalue weighted by Gasteiger charge is 2.16. The average molecular weight is 501 g/mol. The highest BCUT2D eigenvalue weighted by Crippen LogP contribution is 2.27. The standard InChI is InChI=1S/C25H21BrN6O/c1-16-22(15-31(2)30-16)24-11-21(20-8-3-4-9-23(20)29-24)25(33)28-19-7-5-6-17(10-19)13-32-14-18(26)12-27-32/h3-12,14-15H,13H2,1-2H3,(H,28,33). The van der Waals surface area contributed by atoms with Gasteiger partial charge in [0.05, 0.1) is 39.7 Å². The zero-order valence-electron chi connectivity index (χ0n) is 18.2. The summed E-state index contributed by atoms with van der Waals surface area (Å²) in [6.07, 6.45) is 5.59. The molecule has 164 valence electrons. The van der Waals surface area contributed by atoms with E-state index in [-0.39, 0.29) is 5.91 Å². The number of carbonyl (C=O) groups excluding carboxylic acids is 1. The highest BCUT2D eigenvalue weighted by molar-refractivity contribution is 9.10. The fraction of sp³-hybridized carbons (Fsp3) is 0.120.